The second kappa shape index (κ2) is 6.83. The minimum atomic E-state index is -3.61. The molecule has 0 saturated heterocycles. The van der Waals surface area contributed by atoms with Crippen LogP contribution in [0.25, 0.3) is 0 Å². The molecule has 1 N–H and O–H groups in total. The first-order chi connectivity index (χ1) is 8.81. The molecule has 0 saturated carbocycles. The average molecular weight is 343 g/mol. The van der Waals surface area contributed by atoms with E-state index in [9.17, 15) is 13.2 Å². The molecule has 8 heteroatoms. The van der Waals surface area contributed by atoms with Gasteiger partial charge in [-0.1, -0.05) is 30.1 Å². The van der Waals surface area contributed by atoms with Gasteiger partial charge in [0.2, 0.25) is 0 Å². The van der Waals surface area contributed by atoms with E-state index >= 15 is 0 Å². The number of halogens is 2. The number of hydrogen-bond donors (Lipinski definition) is 1. The van der Waals surface area contributed by atoms with Crippen molar-refractivity contribution in [2.24, 2.45) is 0 Å². The number of aromatic carboxylic acids is 1. The quantitative estimate of drug-likeness (QED) is 0.803. The molecule has 0 aliphatic carbocycles. The fourth-order valence-corrected chi connectivity index (χ4v) is 4.79. The van der Waals surface area contributed by atoms with Crippen molar-refractivity contribution in [3.05, 3.63) is 27.7 Å². The fraction of sp³-hybridized carbons (Fsp3) is 0.364. The highest BCUT2D eigenvalue weighted by molar-refractivity contribution is 8.00. The van der Waals surface area contributed by atoms with Crippen LogP contribution < -0.4 is 0 Å². The maximum absolute atomic E-state index is 12.1. The van der Waals surface area contributed by atoms with Crippen LogP contribution in [0.2, 0.25) is 10.0 Å². The third-order valence-electron chi connectivity index (χ3n) is 2.31. The maximum atomic E-state index is 12.1. The summed E-state index contributed by atoms with van der Waals surface area (Å²) in [7, 11) is -3.61. The number of rotatable bonds is 6. The largest absolute Gasteiger partial charge is 0.478 e. The van der Waals surface area contributed by atoms with Crippen LogP contribution in [0, 0.1) is 0 Å². The number of sulfone groups is 1. The molecular weight excluding hydrogens is 331 g/mol. The van der Waals surface area contributed by atoms with Gasteiger partial charge in [0.15, 0.2) is 9.84 Å². The molecule has 0 radical (unpaired) electrons. The van der Waals surface area contributed by atoms with Crippen molar-refractivity contribution in [1.29, 1.82) is 0 Å². The van der Waals surface area contributed by atoms with Crippen molar-refractivity contribution in [3.8, 4) is 0 Å². The zero-order valence-electron chi connectivity index (χ0n) is 10.0. The van der Waals surface area contributed by atoms with Crippen LogP contribution in [0.3, 0.4) is 0 Å². The third-order valence-corrected chi connectivity index (χ3v) is 6.04. The van der Waals surface area contributed by atoms with Gasteiger partial charge in [-0.15, -0.1) is 0 Å². The van der Waals surface area contributed by atoms with Crippen LogP contribution in [0.1, 0.15) is 17.3 Å². The van der Waals surface area contributed by atoms with Crippen LogP contribution >= 0.6 is 35.0 Å². The molecule has 0 aromatic heterocycles. The van der Waals surface area contributed by atoms with E-state index in [0.29, 0.717) is 5.75 Å². The Balaban J connectivity index is 3.21. The summed E-state index contributed by atoms with van der Waals surface area (Å²) in [6, 6.07) is 2.47. The lowest BCUT2D eigenvalue weighted by molar-refractivity contribution is 0.0697. The first kappa shape index (κ1) is 16.6. The van der Waals surface area contributed by atoms with Crippen LogP contribution in [0.15, 0.2) is 17.0 Å². The Morgan fingerprint density at radius 1 is 1.37 bits per heavy atom. The summed E-state index contributed by atoms with van der Waals surface area (Å²) in [6.45, 7) is 1.93. The molecule has 1 aromatic rings. The van der Waals surface area contributed by atoms with Gasteiger partial charge in [0.25, 0.3) is 0 Å². The van der Waals surface area contributed by atoms with E-state index in [1.165, 1.54) is 23.9 Å². The summed E-state index contributed by atoms with van der Waals surface area (Å²) in [5.74, 6) is -0.203. The summed E-state index contributed by atoms with van der Waals surface area (Å²) in [4.78, 5) is 10.8. The minimum Gasteiger partial charge on any atom is -0.478 e. The molecule has 0 spiro atoms. The van der Waals surface area contributed by atoms with E-state index in [0.717, 1.165) is 5.75 Å². The van der Waals surface area contributed by atoms with Crippen molar-refractivity contribution in [2.45, 2.75) is 11.8 Å². The van der Waals surface area contributed by atoms with Gasteiger partial charge in [-0.25, -0.2) is 13.2 Å². The molecule has 0 fully saturated rings. The Hall–Kier alpha value is -0.430. The van der Waals surface area contributed by atoms with Crippen molar-refractivity contribution < 1.29 is 18.3 Å². The fourth-order valence-electron chi connectivity index (χ4n) is 1.39. The van der Waals surface area contributed by atoms with Gasteiger partial charge in [-0.2, -0.15) is 11.8 Å². The van der Waals surface area contributed by atoms with Crippen LogP contribution in [-0.4, -0.2) is 36.8 Å². The van der Waals surface area contributed by atoms with Gasteiger partial charge in [0, 0.05) is 5.75 Å². The Kier molecular flexibility index (Phi) is 5.98. The highest BCUT2D eigenvalue weighted by Crippen LogP contribution is 2.31. The Bertz CT molecular complexity index is 585. The van der Waals surface area contributed by atoms with E-state index in [4.69, 9.17) is 28.3 Å². The molecule has 0 unspecified atom stereocenters. The molecular formula is C11H12Cl2O4S2. The number of carboxylic acid groups (broad SMARTS) is 1. The lowest BCUT2D eigenvalue weighted by Crippen LogP contribution is -2.12. The average Bonchev–Trinajstić information content (AvgIpc) is 2.28. The van der Waals surface area contributed by atoms with Crippen LogP contribution in [0.5, 0.6) is 0 Å². The summed E-state index contributed by atoms with van der Waals surface area (Å²) in [6.07, 6.45) is 0. The molecule has 0 amide bonds. The summed E-state index contributed by atoms with van der Waals surface area (Å²) in [5.41, 5.74) is -0.382. The molecule has 4 nitrogen and oxygen atoms in total. The molecule has 106 valence electrons. The van der Waals surface area contributed by atoms with Gasteiger partial charge in [-0.3, -0.25) is 0 Å². The highest BCUT2D eigenvalue weighted by Gasteiger charge is 2.24. The van der Waals surface area contributed by atoms with Crippen LogP contribution in [-0.2, 0) is 9.84 Å². The number of benzene rings is 1. The molecule has 0 aliphatic rings. The third kappa shape index (κ3) is 4.02. The van der Waals surface area contributed by atoms with Crippen molar-refractivity contribution in [2.75, 3.05) is 17.3 Å². The Labute approximate surface area is 126 Å². The molecule has 0 heterocycles. The van der Waals surface area contributed by atoms with Crippen LogP contribution in [0.4, 0.5) is 0 Å². The normalized spacial score (nSPS) is 11.5. The maximum Gasteiger partial charge on any atom is 0.338 e. The summed E-state index contributed by atoms with van der Waals surface area (Å²) < 4.78 is 24.2. The Morgan fingerprint density at radius 2 is 2.00 bits per heavy atom. The smallest absolute Gasteiger partial charge is 0.338 e. The van der Waals surface area contributed by atoms with Crippen molar-refractivity contribution in [1.82, 2.24) is 0 Å². The van der Waals surface area contributed by atoms with Crippen molar-refractivity contribution >= 4 is 50.8 Å². The first-order valence-electron chi connectivity index (χ1n) is 5.33. The molecule has 1 aromatic carbocycles. The van der Waals surface area contributed by atoms with Gasteiger partial charge < -0.3 is 5.11 Å². The van der Waals surface area contributed by atoms with Crippen molar-refractivity contribution in [3.63, 3.8) is 0 Å². The van der Waals surface area contributed by atoms with Gasteiger partial charge in [0.05, 0.1) is 26.3 Å². The number of carboxylic acids is 1. The predicted octanol–water partition coefficient (Wildman–Crippen LogP) is 3.22. The molecule has 0 bridgehead atoms. The number of hydrogen-bond acceptors (Lipinski definition) is 4. The van der Waals surface area contributed by atoms with E-state index in [1.54, 1.807) is 0 Å². The zero-order chi connectivity index (χ0) is 14.6. The van der Waals surface area contributed by atoms with Gasteiger partial charge >= 0.3 is 5.97 Å². The Morgan fingerprint density at radius 3 is 2.53 bits per heavy atom. The molecule has 0 atom stereocenters. The lowest BCUT2D eigenvalue weighted by Gasteiger charge is -2.09. The topological polar surface area (TPSA) is 71.4 Å². The predicted molar refractivity (Wildman–Crippen MR) is 78.5 cm³/mol. The van der Waals surface area contributed by atoms with E-state index in [2.05, 4.69) is 0 Å². The van der Waals surface area contributed by atoms with E-state index in [1.807, 2.05) is 6.92 Å². The number of carbonyl (C=O) groups is 1. The lowest BCUT2D eigenvalue weighted by atomic mass is 10.2. The monoisotopic (exact) mass is 342 g/mol. The SMILES string of the molecule is CCSCCS(=O)(=O)c1ccc(Cl)c(C(=O)O)c1Cl. The minimum absolute atomic E-state index is 0.0839. The summed E-state index contributed by atoms with van der Waals surface area (Å²) in [5, 5.41) is 8.57. The first-order valence-corrected chi connectivity index (χ1v) is 8.89. The molecule has 0 aliphatic heterocycles. The van der Waals surface area contributed by atoms with E-state index in [-0.39, 0.29) is 26.3 Å². The second-order valence-electron chi connectivity index (χ2n) is 3.56. The highest BCUT2D eigenvalue weighted by atomic mass is 35.5. The molecule has 1 rings (SSSR count). The van der Waals surface area contributed by atoms with Gasteiger partial charge in [0.1, 0.15) is 0 Å². The second-order valence-corrected chi connectivity index (χ2v) is 7.81. The zero-order valence-corrected chi connectivity index (χ0v) is 13.2. The molecule has 19 heavy (non-hydrogen) atoms. The van der Waals surface area contributed by atoms with E-state index < -0.39 is 15.8 Å². The van der Waals surface area contributed by atoms with Gasteiger partial charge in [-0.05, 0) is 17.9 Å². The standard InChI is InChI=1S/C11H12Cl2O4S2/c1-2-18-5-6-19(16,17)8-4-3-7(12)9(10(8)13)11(14)15/h3-4H,2,5-6H2,1H3,(H,14,15). The summed E-state index contributed by atoms with van der Waals surface area (Å²) >= 11 is 13.0. The number of thioether (sulfide) groups is 1.